The number of pyridine rings is 1. The third-order valence-electron chi connectivity index (χ3n) is 2.22. The number of hydrogen-bond acceptors (Lipinski definition) is 4. The van der Waals surface area contributed by atoms with E-state index in [2.05, 4.69) is 9.97 Å². The van der Waals surface area contributed by atoms with E-state index in [4.69, 9.17) is 11.6 Å². The van der Waals surface area contributed by atoms with Crippen molar-refractivity contribution in [1.29, 1.82) is 0 Å². The minimum atomic E-state index is -3.36. The van der Waals surface area contributed by atoms with E-state index in [0.29, 0.717) is 16.1 Å². The average molecular weight is 273 g/mol. The van der Waals surface area contributed by atoms with E-state index in [1.165, 1.54) is 12.4 Å². The summed E-state index contributed by atoms with van der Waals surface area (Å²) in [5.74, 6) is -1.03. The second kappa shape index (κ2) is 4.12. The lowest BCUT2D eigenvalue weighted by Gasteiger charge is -1.99. The van der Waals surface area contributed by atoms with Gasteiger partial charge in [-0.15, -0.1) is 0 Å². The van der Waals surface area contributed by atoms with Crippen molar-refractivity contribution in [2.24, 2.45) is 0 Å². The van der Waals surface area contributed by atoms with Crippen LogP contribution in [0.1, 0.15) is 10.4 Å². The third-order valence-corrected chi connectivity index (χ3v) is 3.32. The Morgan fingerprint density at radius 1 is 1.53 bits per heavy atom. The summed E-state index contributed by atoms with van der Waals surface area (Å²) in [5, 5.41) is 0.830. The molecule has 0 unspecified atom stereocenters. The van der Waals surface area contributed by atoms with Gasteiger partial charge in [-0.05, 0) is 6.07 Å². The van der Waals surface area contributed by atoms with Crippen LogP contribution in [0.3, 0.4) is 0 Å². The van der Waals surface area contributed by atoms with Gasteiger partial charge in [0.15, 0.2) is 15.6 Å². The van der Waals surface area contributed by atoms with Crippen LogP contribution in [0.5, 0.6) is 0 Å². The van der Waals surface area contributed by atoms with Gasteiger partial charge >= 0.3 is 0 Å². The van der Waals surface area contributed by atoms with Crippen LogP contribution in [0.25, 0.3) is 11.0 Å². The maximum Gasteiger partial charge on any atom is 0.180 e. The molecule has 2 aromatic heterocycles. The molecule has 7 heteroatoms. The summed E-state index contributed by atoms with van der Waals surface area (Å²) in [7, 11) is -3.36. The van der Waals surface area contributed by atoms with E-state index in [9.17, 15) is 13.2 Å². The number of halogens is 1. The monoisotopic (exact) mass is 272 g/mol. The van der Waals surface area contributed by atoms with Crippen LogP contribution < -0.4 is 0 Å². The molecule has 2 heterocycles. The number of H-pyrrole nitrogens is 1. The van der Waals surface area contributed by atoms with Crippen molar-refractivity contribution >= 4 is 38.3 Å². The summed E-state index contributed by atoms with van der Waals surface area (Å²) in [4.78, 5) is 18.6. The molecule has 0 saturated carbocycles. The second-order valence-electron chi connectivity index (χ2n) is 3.71. The maximum atomic E-state index is 11.8. The molecule has 1 N–H and O–H groups in total. The number of ketones is 1. The van der Waals surface area contributed by atoms with Gasteiger partial charge in [0.25, 0.3) is 0 Å². The van der Waals surface area contributed by atoms with E-state index in [1.807, 2.05) is 0 Å². The van der Waals surface area contributed by atoms with E-state index >= 15 is 0 Å². The zero-order valence-electron chi connectivity index (χ0n) is 8.90. The smallest absolute Gasteiger partial charge is 0.180 e. The molecule has 5 nitrogen and oxygen atoms in total. The van der Waals surface area contributed by atoms with Crippen molar-refractivity contribution in [3.63, 3.8) is 0 Å². The standard InChI is InChI=1S/C10H9ClN2O3S/c1-17(15,16)5-8(14)6-4-13-10-9(6)7(11)2-3-12-10/h2-4H,5H2,1H3,(H,12,13). The lowest BCUT2D eigenvalue weighted by atomic mass is 10.1. The molecule has 0 amide bonds. The molecule has 2 aromatic rings. The summed E-state index contributed by atoms with van der Waals surface area (Å²) >= 11 is 5.96. The van der Waals surface area contributed by atoms with Crippen molar-refractivity contribution in [3.05, 3.63) is 29.0 Å². The van der Waals surface area contributed by atoms with Crippen molar-refractivity contribution in [3.8, 4) is 0 Å². The fraction of sp³-hybridized carbons (Fsp3) is 0.200. The number of Topliss-reactive ketones (excluding diaryl/α,β-unsaturated/α-hetero) is 1. The Kier molecular flexibility index (Phi) is 2.92. The number of aromatic nitrogens is 2. The summed E-state index contributed by atoms with van der Waals surface area (Å²) in [5.41, 5.74) is 0.720. The maximum absolute atomic E-state index is 11.8. The zero-order chi connectivity index (χ0) is 12.6. The molecule has 0 saturated heterocycles. The Labute approximate surface area is 103 Å². The third kappa shape index (κ3) is 2.48. The van der Waals surface area contributed by atoms with Gasteiger partial charge in [0, 0.05) is 29.6 Å². The highest BCUT2D eigenvalue weighted by Crippen LogP contribution is 2.25. The highest BCUT2D eigenvalue weighted by atomic mass is 35.5. The summed E-state index contributed by atoms with van der Waals surface area (Å²) in [6.07, 6.45) is 3.95. The van der Waals surface area contributed by atoms with Gasteiger partial charge in [-0.1, -0.05) is 11.6 Å². The van der Waals surface area contributed by atoms with Crippen LogP contribution in [0.15, 0.2) is 18.5 Å². The first-order valence-corrected chi connectivity index (χ1v) is 7.15. The molecule has 0 aliphatic carbocycles. The number of fused-ring (bicyclic) bond motifs is 1. The van der Waals surface area contributed by atoms with Crippen molar-refractivity contribution in [1.82, 2.24) is 9.97 Å². The van der Waals surface area contributed by atoms with Gasteiger partial charge in [-0.25, -0.2) is 13.4 Å². The Morgan fingerprint density at radius 2 is 2.24 bits per heavy atom. The van der Waals surface area contributed by atoms with Gasteiger partial charge in [0.05, 0.1) is 5.02 Å². The summed E-state index contributed by atoms with van der Waals surface area (Å²) < 4.78 is 22.2. The molecule has 2 rings (SSSR count). The lowest BCUT2D eigenvalue weighted by molar-refractivity contribution is 0.102. The normalized spacial score (nSPS) is 11.9. The minimum Gasteiger partial charge on any atom is -0.345 e. The predicted molar refractivity (Wildman–Crippen MR) is 65.1 cm³/mol. The van der Waals surface area contributed by atoms with Crippen LogP contribution in [-0.4, -0.2) is 36.2 Å². The van der Waals surface area contributed by atoms with Crippen LogP contribution in [0.4, 0.5) is 0 Å². The largest absolute Gasteiger partial charge is 0.345 e. The molecule has 0 aliphatic rings. The first-order chi connectivity index (χ1) is 7.88. The van der Waals surface area contributed by atoms with Gasteiger partial charge in [-0.2, -0.15) is 0 Å². The molecule has 17 heavy (non-hydrogen) atoms. The van der Waals surface area contributed by atoms with Crippen LogP contribution in [0.2, 0.25) is 5.02 Å². The van der Waals surface area contributed by atoms with Gasteiger partial charge in [0.1, 0.15) is 11.4 Å². The van der Waals surface area contributed by atoms with E-state index in [-0.39, 0.29) is 5.56 Å². The predicted octanol–water partition coefficient (Wildman–Crippen LogP) is 1.44. The number of aromatic amines is 1. The SMILES string of the molecule is CS(=O)(=O)CC(=O)c1c[nH]c2nccc(Cl)c12. The van der Waals surface area contributed by atoms with Crippen LogP contribution >= 0.6 is 11.6 Å². The molecule has 0 spiro atoms. The molecule has 0 radical (unpaired) electrons. The van der Waals surface area contributed by atoms with Crippen molar-refractivity contribution in [2.75, 3.05) is 12.0 Å². The second-order valence-corrected chi connectivity index (χ2v) is 6.26. The van der Waals surface area contributed by atoms with Gasteiger partial charge < -0.3 is 4.98 Å². The molecule has 0 atom stereocenters. The van der Waals surface area contributed by atoms with Crippen LogP contribution in [-0.2, 0) is 9.84 Å². The Hall–Kier alpha value is -1.40. The molecule has 0 bridgehead atoms. The number of rotatable bonds is 3. The van der Waals surface area contributed by atoms with E-state index in [1.54, 1.807) is 6.07 Å². The van der Waals surface area contributed by atoms with Crippen molar-refractivity contribution < 1.29 is 13.2 Å². The quantitative estimate of drug-likeness (QED) is 0.858. The fourth-order valence-electron chi connectivity index (χ4n) is 1.55. The fourth-order valence-corrected chi connectivity index (χ4v) is 2.43. The van der Waals surface area contributed by atoms with E-state index < -0.39 is 21.4 Å². The number of nitrogens with one attached hydrogen (secondary N) is 1. The molecular weight excluding hydrogens is 264 g/mol. The molecule has 0 fully saturated rings. The minimum absolute atomic E-state index is 0.253. The van der Waals surface area contributed by atoms with Crippen LogP contribution in [0, 0.1) is 0 Å². The first kappa shape index (κ1) is 12.1. The Morgan fingerprint density at radius 3 is 2.88 bits per heavy atom. The Balaban J connectivity index is 2.53. The average Bonchev–Trinajstić information content (AvgIpc) is 2.60. The summed E-state index contributed by atoms with van der Waals surface area (Å²) in [6, 6.07) is 1.55. The number of sulfone groups is 1. The molecule has 90 valence electrons. The lowest BCUT2D eigenvalue weighted by Crippen LogP contribution is -2.14. The number of carbonyl (C=O) groups is 1. The van der Waals surface area contributed by atoms with Gasteiger partial charge in [0.2, 0.25) is 0 Å². The van der Waals surface area contributed by atoms with Crippen molar-refractivity contribution in [2.45, 2.75) is 0 Å². The van der Waals surface area contributed by atoms with Gasteiger partial charge in [-0.3, -0.25) is 4.79 Å². The molecular formula is C10H9ClN2O3S. The highest BCUT2D eigenvalue weighted by molar-refractivity contribution is 7.91. The first-order valence-electron chi connectivity index (χ1n) is 4.71. The summed E-state index contributed by atoms with van der Waals surface area (Å²) in [6.45, 7) is 0. The van der Waals surface area contributed by atoms with E-state index in [0.717, 1.165) is 6.26 Å². The molecule has 0 aliphatic heterocycles. The number of carbonyl (C=O) groups excluding carboxylic acids is 1. The Bertz CT molecular complexity index is 691. The zero-order valence-corrected chi connectivity index (χ0v) is 10.5. The highest BCUT2D eigenvalue weighted by Gasteiger charge is 2.18. The number of nitrogens with zero attached hydrogens (tertiary/aromatic N) is 1. The number of hydrogen-bond donors (Lipinski definition) is 1. The topological polar surface area (TPSA) is 79.9 Å². The molecule has 0 aromatic carbocycles.